The van der Waals surface area contributed by atoms with Crippen LogP contribution in [0.5, 0.6) is 0 Å². The van der Waals surface area contributed by atoms with E-state index in [0.717, 1.165) is 31.3 Å². The van der Waals surface area contributed by atoms with Gasteiger partial charge in [-0.25, -0.2) is 0 Å². The van der Waals surface area contributed by atoms with Crippen molar-refractivity contribution in [3.8, 4) is 0 Å². The molecule has 11 nitrogen and oxygen atoms in total. The van der Waals surface area contributed by atoms with E-state index in [4.69, 9.17) is 18.9 Å². The number of rotatable bonds is 6. The molecule has 0 unspecified atom stereocenters. The summed E-state index contributed by atoms with van der Waals surface area (Å²) in [5, 5.41) is 70.9. The van der Waals surface area contributed by atoms with Crippen LogP contribution in [-0.4, -0.2) is 115 Å². The third-order valence-electron chi connectivity index (χ3n) is 9.62. The summed E-state index contributed by atoms with van der Waals surface area (Å²) in [7, 11) is 0. The number of fused-ring (bicyclic) bond motifs is 1. The Labute approximate surface area is 224 Å². The van der Waals surface area contributed by atoms with Gasteiger partial charge in [-0.15, -0.1) is 0 Å². The van der Waals surface area contributed by atoms with Crippen LogP contribution in [-0.2, 0) is 18.9 Å². The Kier molecular flexibility index (Phi) is 8.99. The van der Waals surface area contributed by atoms with E-state index in [-0.39, 0.29) is 17.3 Å². The summed E-state index contributed by atoms with van der Waals surface area (Å²) >= 11 is 0. The molecule has 220 valence electrons. The zero-order valence-corrected chi connectivity index (χ0v) is 22.7. The maximum atomic E-state index is 10.5. The topological polar surface area (TPSA) is 179 Å². The Morgan fingerprint density at radius 2 is 1.50 bits per heavy atom. The number of aliphatic hydroxyl groups is 7. The first-order valence-corrected chi connectivity index (χ1v) is 13.7. The number of hydrogen-bond donors (Lipinski definition) is 7. The molecule has 0 spiro atoms. The van der Waals surface area contributed by atoms with Gasteiger partial charge in [0, 0.05) is 0 Å². The van der Waals surface area contributed by atoms with Crippen molar-refractivity contribution in [2.75, 3.05) is 6.61 Å². The number of aliphatic hydroxyl groups excluding tert-OH is 7. The van der Waals surface area contributed by atoms with Gasteiger partial charge in [-0.1, -0.05) is 13.5 Å². The summed E-state index contributed by atoms with van der Waals surface area (Å²) in [6, 6.07) is 0. The van der Waals surface area contributed by atoms with Gasteiger partial charge in [0.05, 0.1) is 24.4 Å². The Bertz CT molecular complexity index is 836. The molecule has 4 aliphatic rings. The van der Waals surface area contributed by atoms with Gasteiger partial charge >= 0.3 is 0 Å². The molecule has 0 radical (unpaired) electrons. The molecular formula is C27H46O11. The minimum Gasteiger partial charge on any atom is -0.394 e. The highest BCUT2D eigenvalue weighted by Gasteiger charge is 2.52. The minimum absolute atomic E-state index is 0.00538. The molecule has 14 atom stereocenters. The average Bonchev–Trinajstić information content (AvgIpc) is 2.87. The molecule has 0 aromatic carbocycles. The predicted octanol–water partition coefficient (Wildman–Crippen LogP) is -0.433. The Morgan fingerprint density at radius 3 is 2.16 bits per heavy atom. The van der Waals surface area contributed by atoms with Crippen LogP contribution < -0.4 is 0 Å². The van der Waals surface area contributed by atoms with Crippen LogP contribution in [0.15, 0.2) is 12.2 Å². The molecule has 0 aromatic rings. The van der Waals surface area contributed by atoms with E-state index in [1.54, 1.807) is 6.92 Å². The van der Waals surface area contributed by atoms with Crippen molar-refractivity contribution in [3.05, 3.63) is 12.2 Å². The van der Waals surface area contributed by atoms with Gasteiger partial charge in [-0.3, -0.25) is 0 Å². The molecule has 2 saturated carbocycles. The van der Waals surface area contributed by atoms with Gasteiger partial charge < -0.3 is 54.7 Å². The van der Waals surface area contributed by atoms with Crippen LogP contribution in [0.3, 0.4) is 0 Å². The van der Waals surface area contributed by atoms with E-state index in [1.807, 2.05) is 13.8 Å². The number of hydrogen-bond acceptors (Lipinski definition) is 11. The zero-order valence-electron chi connectivity index (χ0n) is 22.7. The third kappa shape index (κ3) is 5.58. The largest absolute Gasteiger partial charge is 0.394 e. The SMILES string of the molecule is C=C1[C@@H](O[C@@H]2O[C@H](CO)[C@@H](O)[C@H](O)[C@H]2O)CC[C@]2(C)CC[C@@H](C(C)(C)O[C@@H]3O[C@H](C)[C@H](O)[C@H](O)[C@H]3O)C[C@@H]12. The highest BCUT2D eigenvalue weighted by atomic mass is 16.7. The fraction of sp³-hybridized carbons (Fsp3) is 0.926. The van der Waals surface area contributed by atoms with Crippen molar-refractivity contribution < 1.29 is 54.7 Å². The van der Waals surface area contributed by atoms with Crippen molar-refractivity contribution in [3.63, 3.8) is 0 Å². The summed E-state index contributed by atoms with van der Waals surface area (Å²) in [5.74, 6) is 0.134. The molecule has 2 aliphatic carbocycles. The summed E-state index contributed by atoms with van der Waals surface area (Å²) < 4.78 is 23.6. The Hall–Kier alpha value is -0.700. The summed E-state index contributed by atoms with van der Waals surface area (Å²) in [4.78, 5) is 0. The van der Waals surface area contributed by atoms with Crippen LogP contribution in [0.2, 0.25) is 0 Å². The van der Waals surface area contributed by atoms with E-state index < -0.39 is 79.7 Å². The van der Waals surface area contributed by atoms with Crippen molar-refractivity contribution in [1.82, 2.24) is 0 Å². The summed E-state index contributed by atoms with van der Waals surface area (Å²) in [6.45, 7) is 11.6. The molecule has 0 aromatic heterocycles. The highest BCUT2D eigenvalue weighted by Crippen LogP contribution is 2.56. The lowest BCUT2D eigenvalue weighted by atomic mass is 9.54. The lowest BCUT2D eigenvalue weighted by Gasteiger charge is -2.54. The quantitative estimate of drug-likeness (QED) is 0.170. The van der Waals surface area contributed by atoms with Crippen molar-refractivity contribution in [1.29, 1.82) is 0 Å². The van der Waals surface area contributed by atoms with E-state index in [1.165, 1.54) is 0 Å². The fourth-order valence-corrected chi connectivity index (χ4v) is 6.77. The fourth-order valence-electron chi connectivity index (χ4n) is 6.77. The van der Waals surface area contributed by atoms with Crippen LogP contribution in [0.4, 0.5) is 0 Å². The smallest absolute Gasteiger partial charge is 0.187 e. The Balaban J connectivity index is 1.44. The van der Waals surface area contributed by atoms with Crippen molar-refractivity contribution in [2.45, 2.75) is 133 Å². The van der Waals surface area contributed by atoms with E-state index >= 15 is 0 Å². The second kappa shape index (κ2) is 11.3. The van der Waals surface area contributed by atoms with Crippen LogP contribution >= 0.6 is 0 Å². The van der Waals surface area contributed by atoms with Gasteiger partial charge in [-0.05, 0) is 75.7 Å². The molecule has 0 amide bonds. The maximum absolute atomic E-state index is 10.5. The van der Waals surface area contributed by atoms with E-state index in [0.29, 0.717) is 6.42 Å². The lowest BCUT2D eigenvalue weighted by Crippen LogP contribution is -2.60. The third-order valence-corrected chi connectivity index (χ3v) is 9.62. The van der Waals surface area contributed by atoms with Crippen LogP contribution in [0.1, 0.15) is 59.8 Å². The molecule has 4 fully saturated rings. The highest BCUT2D eigenvalue weighted by molar-refractivity contribution is 5.18. The predicted molar refractivity (Wildman–Crippen MR) is 133 cm³/mol. The normalized spacial score (nSPS) is 50.5. The van der Waals surface area contributed by atoms with Crippen molar-refractivity contribution in [2.24, 2.45) is 17.3 Å². The second-order valence-corrected chi connectivity index (χ2v) is 12.5. The van der Waals surface area contributed by atoms with Gasteiger partial charge in [0.25, 0.3) is 0 Å². The van der Waals surface area contributed by atoms with Gasteiger partial charge in [0.1, 0.15) is 42.7 Å². The molecule has 2 saturated heterocycles. The molecule has 7 N–H and O–H groups in total. The van der Waals surface area contributed by atoms with Gasteiger partial charge in [-0.2, -0.15) is 0 Å². The molecular weight excluding hydrogens is 500 g/mol. The summed E-state index contributed by atoms with van der Waals surface area (Å²) in [6.07, 6.45) is -8.80. The first-order valence-electron chi connectivity index (χ1n) is 13.7. The van der Waals surface area contributed by atoms with E-state index in [9.17, 15) is 35.7 Å². The van der Waals surface area contributed by atoms with Gasteiger partial charge in [0.15, 0.2) is 12.6 Å². The van der Waals surface area contributed by atoms with E-state index in [2.05, 4.69) is 13.5 Å². The molecule has 38 heavy (non-hydrogen) atoms. The maximum Gasteiger partial charge on any atom is 0.187 e. The summed E-state index contributed by atoms with van der Waals surface area (Å²) in [5.41, 5.74) is 0.131. The van der Waals surface area contributed by atoms with Gasteiger partial charge in [0.2, 0.25) is 0 Å². The molecule has 11 heteroatoms. The molecule has 2 aliphatic heterocycles. The molecule has 0 bridgehead atoms. The Morgan fingerprint density at radius 1 is 0.895 bits per heavy atom. The van der Waals surface area contributed by atoms with Crippen molar-refractivity contribution >= 4 is 0 Å². The molecule has 4 rings (SSSR count). The second-order valence-electron chi connectivity index (χ2n) is 12.5. The number of ether oxygens (including phenoxy) is 4. The first-order chi connectivity index (χ1) is 17.7. The standard InChI is InChI=1S/C27H46O11/c1-12-15-10-14(26(3,4)38-25-23(34)20(31)18(29)13(2)35-25)6-8-27(15,5)9-7-16(12)36-24-22(33)21(32)19(30)17(11-28)37-24/h13-25,28-34H,1,6-11H2,2-5H3/t13-,14-,15+,16+,17-,18+,19-,20+,21+,22-,23-,24-,25+,27+/m1/s1. The monoisotopic (exact) mass is 546 g/mol. The molecule has 2 heterocycles. The van der Waals surface area contributed by atoms with Crippen LogP contribution in [0, 0.1) is 17.3 Å². The lowest BCUT2D eigenvalue weighted by molar-refractivity contribution is -0.324. The minimum atomic E-state index is -1.51. The average molecular weight is 547 g/mol. The van der Waals surface area contributed by atoms with Crippen LogP contribution in [0.25, 0.3) is 0 Å². The first kappa shape index (κ1) is 30.3. The zero-order chi connectivity index (χ0) is 28.2.